The maximum atomic E-state index is 11.1. The van der Waals surface area contributed by atoms with Crippen LogP contribution in [0.3, 0.4) is 0 Å². The summed E-state index contributed by atoms with van der Waals surface area (Å²) >= 11 is 0. The van der Waals surface area contributed by atoms with Gasteiger partial charge in [-0.25, -0.2) is 0 Å². The number of anilines is 6. The van der Waals surface area contributed by atoms with E-state index >= 15 is 0 Å². The predicted octanol–water partition coefficient (Wildman–Crippen LogP) is 19.8. The fourth-order valence-corrected chi connectivity index (χ4v) is 11.5. The molecular weight excluding hydrogens is 903 g/mol. The van der Waals surface area contributed by atoms with Crippen LogP contribution >= 0.6 is 0 Å². The summed E-state index contributed by atoms with van der Waals surface area (Å²) in [5, 5.41) is 18.7. The molecule has 0 radical (unpaired) electrons. The highest BCUT2D eigenvalue weighted by Gasteiger charge is 2.25. The zero-order valence-electron chi connectivity index (χ0n) is 42.2. The molecular formula is C69H51N3O2. The second kappa shape index (κ2) is 17.4. The Bertz CT molecular complexity index is 4140. The minimum atomic E-state index is 0.548. The lowest BCUT2D eigenvalue weighted by Gasteiger charge is -2.30. The molecule has 5 nitrogen and oxygen atoms in total. The zero-order valence-corrected chi connectivity index (χ0v) is 42.2. The van der Waals surface area contributed by atoms with Gasteiger partial charge in [-0.1, -0.05) is 133 Å². The second-order valence-corrected chi connectivity index (χ2v) is 20.0. The van der Waals surface area contributed by atoms with Gasteiger partial charge in [0.25, 0.3) is 0 Å². The second-order valence-electron chi connectivity index (χ2n) is 20.0. The van der Waals surface area contributed by atoms with Crippen LogP contribution in [-0.2, 0) is 0 Å². The van der Waals surface area contributed by atoms with Crippen molar-refractivity contribution in [2.24, 2.45) is 0 Å². The van der Waals surface area contributed by atoms with E-state index in [0.717, 1.165) is 99.5 Å². The van der Waals surface area contributed by atoms with Crippen LogP contribution in [0, 0.1) is 52.9 Å². The van der Waals surface area contributed by atoms with E-state index < -0.39 is 0 Å². The Labute approximate surface area is 430 Å². The number of aryl methyl sites for hydroxylation is 6. The maximum Gasteiger partial charge on any atom is 0.140 e. The van der Waals surface area contributed by atoms with Crippen molar-refractivity contribution in [3.05, 3.63) is 239 Å². The molecule has 2 aromatic heterocycles. The van der Waals surface area contributed by atoms with E-state index in [0.29, 0.717) is 16.7 Å². The van der Waals surface area contributed by atoms with Gasteiger partial charge in [0.15, 0.2) is 0 Å². The van der Waals surface area contributed by atoms with E-state index in [2.05, 4.69) is 252 Å². The third-order valence-corrected chi connectivity index (χ3v) is 15.1. The van der Waals surface area contributed by atoms with Gasteiger partial charge in [0.2, 0.25) is 0 Å². The van der Waals surface area contributed by atoms with Gasteiger partial charge >= 0.3 is 0 Å². The van der Waals surface area contributed by atoms with Gasteiger partial charge in [-0.05, 0) is 179 Å². The molecule has 0 amide bonds. The van der Waals surface area contributed by atoms with Crippen LogP contribution in [0.15, 0.2) is 209 Å². The van der Waals surface area contributed by atoms with Gasteiger partial charge in [0.1, 0.15) is 28.4 Å². The first-order valence-corrected chi connectivity index (χ1v) is 25.3. The number of nitriles is 1. The highest BCUT2D eigenvalue weighted by Crippen LogP contribution is 2.47. The Morgan fingerprint density at radius 2 is 0.757 bits per heavy atom. The Morgan fingerprint density at radius 1 is 0.338 bits per heavy atom. The lowest BCUT2D eigenvalue weighted by Crippen LogP contribution is -2.14. The normalized spacial score (nSPS) is 11.6. The summed E-state index contributed by atoms with van der Waals surface area (Å²) in [6, 6.07) is 74.1. The van der Waals surface area contributed by atoms with Crippen molar-refractivity contribution in [2.75, 3.05) is 9.80 Å². The molecule has 0 aliphatic carbocycles. The molecule has 0 atom stereocenters. The number of fused-ring (bicyclic) bond motifs is 8. The first kappa shape index (κ1) is 44.6. The Kier molecular flexibility index (Phi) is 10.5. The topological polar surface area (TPSA) is 56.6 Å². The van der Waals surface area contributed by atoms with Crippen LogP contribution < -0.4 is 9.80 Å². The van der Waals surface area contributed by atoms with Gasteiger partial charge in [0, 0.05) is 50.4 Å². The summed E-state index contributed by atoms with van der Waals surface area (Å²) in [6.07, 6.45) is 0. The molecule has 0 N–H and O–H groups in total. The van der Waals surface area contributed by atoms with E-state index in [4.69, 9.17) is 8.83 Å². The van der Waals surface area contributed by atoms with Crippen molar-refractivity contribution in [3.8, 4) is 28.3 Å². The van der Waals surface area contributed by atoms with Crippen molar-refractivity contribution in [1.82, 2.24) is 0 Å². The summed E-state index contributed by atoms with van der Waals surface area (Å²) in [7, 11) is 0. The number of para-hydroxylation sites is 2. The number of nitrogens with zero attached hydrogens (tertiary/aromatic N) is 3. The quantitative estimate of drug-likeness (QED) is 0.152. The van der Waals surface area contributed by atoms with Gasteiger partial charge in [0.05, 0.1) is 16.9 Å². The van der Waals surface area contributed by atoms with Gasteiger partial charge < -0.3 is 18.6 Å². The smallest absolute Gasteiger partial charge is 0.140 e. The van der Waals surface area contributed by atoms with E-state index in [9.17, 15) is 5.26 Å². The summed E-state index contributed by atoms with van der Waals surface area (Å²) in [5.74, 6) is 0. The number of hydrogen-bond donors (Lipinski definition) is 0. The minimum absolute atomic E-state index is 0.548. The first-order chi connectivity index (χ1) is 36.1. The lowest BCUT2D eigenvalue weighted by atomic mass is 9.97. The molecule has 0 saturated carbocycles. The molecule has 0 bridgehead atoms. The molecule has 0 unspecified atom stereocenters. The number of hydrogen-bond acceptors (Lipinski definition) is 5. The third kappa shape index (κ3) is 7.29. The summed E-state index contributed by atoms with van der Waals surface area (Å²) in [6.45, 7) is 13.1. The molecule has 74 heavy (non-hydrogen) atoms. The van der Waals surface area contributed by atoms with E-state index in [1.807, 2.05) is 6.07 Å². The van der Waals surface area contributed by atoms with Crippen LogP contribution in [0.5, 0.6) is 0 Å². The minimum Gasteiger partial charge on any atom is -0.456 e. The maximum absolute atomic E-state index is 11.1. The van der Waals surface area contributed by atoms with Crippen LogP contribution in [0.25, 0.3) is 87.7 Å². The van der Waals surface area contributed by atoms with Crippen molar-refractivity contribution in [2.45, 2.75) is 41.5 Å². The van der Waals surface area contributed by atoms with Crippen LogP contribution in [0.2, 0.25) is 0 Å². The van der Waals surface area contributed by atoms with E-state index in [1.165, 1.54) is 44.5 Å². The first-order valence-electron chi connectivity index (χ1n) is 25.3. The molecule has 5 heteroatoms. The molecule has 0 saturated heterocycles. The van der Waals surface area contributed by atoms with Crippen LogP contribution in [0.4, 0.5) is 34.1 Å². The van der Waals surface area contributed by atoms with Crippen molar-refractivity contribution in [3.63, 3.8) is 0 Å². The molecule has 13 rings (SSSR count). The molecule has 13 aromatic rings. The molecule has 0 aliphatic heterocycles. The summed E-state index contributed by atoms with van der Waals surface area (Å²) < 4.78 is 13.5. The summed E-state index contributed by atoms with van der Waals surface area (Å²) in [5.41, 5.74) is 21.7. The fraction of sp³-hybridized carbons (Fsp3) is 0.0870. The van der Waals surface area contributed by atoms with E-state index in [-0.39, 0.29) is 0 Å². The SMILES string of the molecule is Cc1ccc(-c2ccccc2)cc1N(c1ccc2cc3c(cc2c1)oc1cc2oc4cc5cc(N(c6cc(-c7ccccc7)ccc6C)c6c(C)cccc6C)ccc5cc4c2c(C#N)c13)c1c(C)cccc1C. The summed E-state index contributed by atoms with van der Waals surface area (Å²) in [4.78, 5) is 4.80. The van der Waals surface area contributed by atoms with E-state index in [1.54, 1.807) is 0 Å². The highest BCUT2D eigenvalue weighted by atomic mass is 16.3. The monoisotopic (exact) mass is 953 g/mol. The van der Waals surface area contributed by atoms with Gasteiger partial charge in [-0.2, -0.15) is 5.26 Å². The fourth-order valence-electron chi connectivity index (χ4n) is 11.5. The third-order valence-electron chi connectivity index (χ3n) is 15.1. The molecule has 354 valence electrons. The number of furan rings is 2. The van der Waals surface area contributed by atoms with Crippen molar-refractivity contribution >= 4 is 99.5 Å². The molecule has 0 fully saturated rings. The molecule has 0 spiro atoms. The van der Waals surface area contributed by atoms with Crippen LogP contribution in [0.1, 0.15) is 38.9 Å². The van der Waals surface area contributed by atoms with Crippen LogP contribution in [-0.4, -0.2) is 0 Å². The Hall–Kier alpha value is -9.37. The van der Waals surface area contributed by atoms with Gasteiger partial charge in [-0.15, -0.1) is 0 Å². The largest absolute Gasteiger partial charge is 0.456 e. The average molecular weight is 954 g/mol. The molecule has 11 aromatic carbocycles. The standard InChI is InChI=1S/C69H51N3O2/c1-41-23-25-51(47-19-9-7-10-20-47)35-60(41)71(68-43(3)15-13-16-44(68)4)55-29-27-49-33-57-62(37-53(49)31-55)73-64-39-65-67(59(40-70)66(57)64)58-34-50-28-30-56(32-54(50)38-63(58)74-65)72(69-45(5)17-14-18-46(69)6)61-36-52(26-24-42(61)2)48-21-11-8-12-22-48/h7-39H,1-6H3. The molecule has 2 heterocycles. The Morgan fingerprint density at radius 3 is 1.16 bits per heavy atom. The molecule has 0 aliphatic rings. The Balaban J connectivity index is 0.936. The van der Waals surface area contributed by atoms with Crippen molar-refractivity contribution in [1.29, 1.82) is 5.26 Å². The average Bonchev–Trinajstić information content (AvgIpc) is 3.97. The van der Waals surface area contributed by atoms with Crippen molar-refractivity contribution < 1.29 is 8.83 Å². The number of benzene rings is 11. The predicted molar refractivity (Wildman–Crippen MR) is 309 cm³/mol. The zero-order chi connectivity index (χ0) is 50.4. The number of rotatable bonds is 8. The lowest BCUT2D eigenvalue weighted by molar-refractivity contribution is 0.656. The van der Waals surface area contributed by atoms with Gasteiger partial charge in [-0.3, -0.25) is 0 Å². The highest BCUT2D eigenvalue weighted by molar-refractivity contribution is 6.22.